The topological polar surface area (TPSA) is 92.8 Å². The van der Waals surface area contributed by atoms with Gasteiger partial charge < -0.3 is 4.74 Å². The minimum atomic E-state index is -0.788. The molecule has 7 nitrogen and oxygen atoms in total. The van der Waals surface area contributed by atoms with Crippen LogP contribution in [0.5, 0.6) is 0 Å². The van der Waals surface area contributed by atoms with Crippen molar-refractivity contribution in [2.75, 3.05) is 13.2 Å². The molecule has 0 aromatic heterocycles. The summed E-state index contributed by atoms with van der Waals surface area (Å²) in [5, 5.41) is 1.55. The standard InChI is InChI=1S/C20H15BrCl2N2O5/c21-14-4-1-11(2-5-14)17(26)10-30-20(29)13-8-18(27)25(9-13)24-19(28)12-3-6-15(22)16(23)7-12/h1-7,13H,8-10H2,(H,24,28). The predicted molar refractivity (Wildman–Crippen MR) is 113 cm³/mol. The first kappa shape index (κ1) is 22.3. The molecule has 1 N–H and O–H groups in total. The van der Waals surface area contributed by atoms with Crippen LogP contribution in [0.15, 0.2) is 46.9 Å². The Labute approximate surface area is 190 Å². The number of hydrogen-bond acceptors (Lipinski definition) is 5. The van der Waals surface area contributed by atoms with Gasteiger partial charge in [-0.25, -0.2) is 0 Å². The molecule has 0 spiro atoms. The average Bonchev–Trinajstić information content (AvgIpc) is 3.08. The highest BCUT2D eigenvalue weighted by Gasteiger charge is 2.36. The quantitative estimate of drug-likeness (QED) is 0.470. The van der Waals surface area contributed by atoms with Gasteiger partial charge in [0.25, 0.3) is 5.91 Å². The third kappa shape index (κ3) is 5.38. The van der Waals surface area contributed by atoms with Crippen LogP contribution in [0.1, 0.15) is 27.1 Å². The number of esters is 1. The van der Waals surface area contributed by atoms with Crippen molar-refractivity contribution in [3.63, 3.8) is 0 Å². The van der Waals surface area contributed by atoms with Gasteiger partial charge in [-0.2, -0.15) is 0 Å². The van der Waals surface area contributed by atoms with Crippen molar-refractivity contribution < 1.29 is 23.9 Å². The minimum absolute atomic E-state index is 0.0583. The number of Topliss-reactive ketones (excluding diaryl/α,β-unsaturated/α-hetero) is 1. The van der Waals surface area contributed by atoms with E-state index in [1.54, 1.807) is 24.3 Å². The Bertz CT molecular complexity index is 1010. The number of ether oxygens (including phenoxy) is 1. The maximum absolute atomic E-state index is 12.3. The summed E-state index contributed by atoms with van der Waals surface area (Å²) in [5.41, 5.74) is 3.05. The van der Waals surface area contributed by atoms with Crippen molar-refractivity contribution in [3.8, 4) is 0 Å². The maximum atomic E-state index is 12.3. The van der Waals surface area contributed by atoms with Crippen molar-refractivity contribution in [3.05, 3.63) is 68.1 Å². The van der Waals surface area contributed by atoms with Crippen LogP contribution in [0.4, 0.5) is 0 Å². The van der Waals surface area contributed by atoms with Crippen molar-refractivity contribution >= 4 is 62.7 Å². The monoisotopic (exact) mass is 512 g/mol. The lowest BCUT2D eigenvalue weighted by atomic mass is 10.1. The summed E-state index contributed by atoms with van der Waals surface area (Å²) in [6, 6.07) is 10.9. The zero-order valence-electron chi connectivity index (χ0n) is 15.4. The number of nitrogens with zero attached hydrogens (tertiary/aromatic N) is 1. The summed E-state index contributed by atoms with van der Waals surface area (Å²) in [6.07, 6.45) is -0.132. The molecule has 1 heterocycles. The molecule has 156 valence electrons. The molecular formula is C20H15BrCl2N2O5. The van der Waals surface area contributed by atoms with E-state index in [4.69, 9.17) is 27.9 Å². The van der Waals surface area contributed by atoms with Crippen molar-refractivity contribution in [1.29, 1.82) is 0 Å². The SMILES string of the molecule is O=C(COC(=O)C1CC(=O)N(NC(=O)c2ccc(Cl)c(Cl)c2)C1)c1ccc(Br)cc1. The van der Waals surface area contributed by atoms with Gasteiger partial charge in [-0.3, -0.25) is 29.6 Å². The summed E-state index contributed by atoms with van der Waals surface area (Å²) in [6.45, 7) is -0.488. The van der Waals surface area contributed by atoms with Crippen LogP contribution in [0.25, 0.3) is 0 Å². The number of nitrogens with one attached hydrogen (secondary N) is 1. The van der Waals surface area contributed by atoms with Gasteiger partial charge in [0.2, 0.25) is 5.91 Å². The Morgan fingerprint density at radius 1 is 1.07 bits per heavy atom. The number of hydrazine groups is 1. The van der Waals surface area contributed by atoms with E-state index in [0.29, 0.717) is 10.6 Å². The number of rotatable bonds is 6. The summed E-state index contributed by atoms with van der Waals surface area (Å²) in [5.74, 6) is -2.83. The van der Waals surface area contributed by atoms with E-state index in [9.17, 15) is 19.2 Å². The molecule has 0 saturated carbocycles. The van der Waals surface area contributed by atoms with Crippen LogP contribution in [-0.2, 0) is 14.3 Å². The number of benzene rings is 2. The Morgan fingerprint density at radius 3 is 2.40 bits per heavy atom. The summed E-state index contributed by atoms with van der Waals surface area (Å²) in [4.78, 5) is 48.8. The zero-order valence-corrected chi connectivity index (χ0v) is 18.5. The number of carbonyl (C=O) groups is 4. The van der Waals surface area contributed by atoms with Gasteiger partial charge in [0.1, 0.15) is 0 Å². The number of hydrogen-bond donors (Lipinski definition) is 1. The minimum Gasteiger partial charge on any atom is -0.457 e. The molecule has 1 aliphatic heterocycles. The smallest absolute Gasteiger partial charge is 0.311 e. The Hall–Kier alpha value is -2.42. The Kier molecular flexibility index (Phi) is 7.12. The second kappa shape index (κ2) is 9.59. The second-order valence-electron chi connectivity index (χ2n) is 6.51. The molecule has 1 atom stereocenters. The largest absolute Gasteiger partial charge is 0.457 e. The highest BCUT2D eigenvalue weighted by atomic mass is 79.9. The molecule has 1 aliphatic rings. The fourth-order valence-electron chi connectivity index (χ4n) is 2.77. The Balaban J connectivity index is 1.53. The van der Waals surface area contributed by atoms with Crippen LogP contribution in [-0.4, -0.2) is 41.7 Å². The Morgan fingerprint density at radius 2 is 1.73 bits per heavy atom. The molecule has 2 aromatic rings. The van der Waals surface area contributed by atoms with E-state index in [-0.39, 0.29) is 29.3 Å². The van der Waals surface area contributed by atoms with Crippen molar-refractivity contribution in [1.82, 2.24) is 10.4 Å². The molecular weight excluding hydrogens is 499 g/mol. The number of carbonyl (C=O) groups excluding carboxylic acids is 4. The van der Waals surface area contributed by atoms with Crippen LogP contribution in [0.3, 0.4) is 0 Å². The molecule has 1 saturated heterocycles. The molecule has 2 aromatic carbocycles. The molecule has 0 radical (unpaired) electrons. The summed E-state index contributed by atoms with van der Waals surface area (Å²) in [7, 11) is 0. The lowest BCUT2D eigenvalue weighted by molar-refractivity contribution is -0.147. The third-order valence-corrected chi connectivity index (χ3v) is 5.66. The van der Waals surface area contributed by atoms with Crippen LogP contribution in [0.2, 0.25) is 10.0 Å². The second-order valence-corrected chi connectivity index (χ2v) is 8.24. The maximum Gasteiger partial charge on any atom is 0.311 e. The van der Waals surface area contributed by atoms with Crippen molar-refractivity contribution in [2.24, 2.45) is 5.92 Å². The zero-order chi connectivity index (χ0) is 21.8. The van der Waals surface area contributed by atoms with E-state index >= 15 is 0 Å². The highest BCUT2D eigenvalue weighted by Crippen LogP contribution is 2.23. The molecule has 0 bridgehead atoms. The first-order chi connectivity index (χ1) is 14.2. The predicted octanol–water partition coefficient (Wildman–Crippen LogP) is 3.68. The fourth-order valence-corrected chi connectivity index (χ4v) is 3.33. The van der Waals surface area contributed by atoms with Gasteiger partial charge in [-0.1, -0.05) is 51.3 Å². The first-order valence-electron chi connectivity index (χ1n) is 8.76. The van der Waals surface area contributed by atoms with E-state index < -0.39 is 30.3 Å². The summed E-state index contributed by atoms with van der Waals surface area (Å²) < 4.78 is 5.89. The van der Waals surface area contributed by atoms with Crippen LogP contribution in [0, 0.1) is 5.92 Å². The van der Waals surface area contributed by atoms with Gasteiger partial charge in [-0.15, -0.1) is 0 Å². The van der Waals surface area contributed by atoms with Gasteiger partial charge in [0, 0.05) is 22.0 Å². The van der Waals surface area contributed by atoms with E-state index in [1.807, 2.05) is 0 Å². The van der Waals surface area contributed by atoms with E-state index in [2.05, 4.69) is 21.4 Å². The molecule has 3 rings (SSSR count). The highest BCUT2D eigenvalue weighted by molar-refractivity contribution is 9.10. The lowest BCUT2D eigenvalue weighted by Crippen LogP contribution is -2.43. The molecule has 0 aliphatic carbocycles. The average molecular weight is 514 g/mol. The third-order valence-electron chi connectivity index (χ3n) is 4.39. The van der Waals surface area contributed by atoms with Gasteiger partial charge in [0.15, 0.2) is 12.4 Å². The molecule has 30 heavy (non-hydrogen) atoms. The number of amides is 2. The van der Waals surface area contributed by atoms with E-state index in [1.165, 1.54) is 18.2 Å². The lowest BCUT2D eigenvalue weighted by Gasteiger charge is -2.17. The molecule has 1 unspecified atom stereocenters. The first-order valence-corrected chi connectivity index (χ1v) is 10.3. The van der Waals surface area contributed by atoms with E-state index in [0.717, 1.165) is 9.48 Å². The van der Waals surface area contributed by atoms with Crippen molar-refractivity contribution in [2.45, 2.75) is 6.42 Å². The van der Waals surface area contributed by atoms with Crippen LogP contribution < -0.4 is 5.43 Å². The molecule has 2 amide bonds. The van der Waals surface area contributed by atoms with Gasteiger partial charge in [-0.05, 0) is 30.3 Å². The van der Waals surface area contributed by atoms with Gasteiger partial charge >= 0.3 is 5.97 Å². The number of halogens is 3. The summed E-state index contributed by atoms with van der Waals surface area (Å²) >= 11 is 15.0. The van der Waals surface area contributed by atoms with Gasteiger partial charge in [0.05, 0.1) is 22.5 Å². The fraction of sp³-hybridized carbons (Fsp3) is 0.200. The normalized spacial score (nSPS) is 15.8. The molecule has 10 heteroatoms. The van der Waals surface area contributed by atoms with Crippen LogP contribution >= 0.6 is 39.1 Å². The molecule has 1 fully saturated rings. The number of ketones is 1.